The lowest BCUT2D eigenvalue weighted by atomic mass is 10.1. The molecule has 1 saturated heterocycles. The van der Waals surface area contributed by atoms with Crippen LogP contribution < -0.4 is 5.73 Å². The fraction of sp³-hybridized carbons (Fsp3) is 1.00. The van der Waals surface area contributed by atoms with Crippen molar-refractivity contribution in [1.29, 1.82) is 0 Å². The van der Waals surface area contributed by atoms with Crippen molar-refractivity contribution >= 4 is 24.8 Å². The maximum absolute atomic E-state index is 12.7. The number of rotatable bonds is 0. The molecule has 2 nitrogen and oxygen atoms in total. The molecule has 1 aliphatic heterocycles. The van der Waals surface area contributed by atoms with Gasteiger partial charge in [0, 0.05) is 12.6 Å². The summed E-state index contributed by atoms with van der Waals surface area (Å²) in [4.78, 5) is 1.97. The smallest absolute Gasteiger partial charge is 0.128 e. The monoisotopic (exact) mass is 204 g/mol. The zero-order valence-electron chi connectivity index (χ0n) is 6.50. The number of alkyl halides is 1. The maximum atomic E-state index is 12.7. The normalized spacial score (nSPS) is 31.9. The Labute approximate surface area is 79.1 Å². The summed E-state index contributed by atoms with van der Waals surface area (Å²) in [6.45, 7) is 1.43. The molecule has 11 heavy (non-hydrogen) atoms. The van der Waals surface area contributed by atoms with E-state index in [1.807, 2.05) is 11.9 Å². The Morgan fingerprint density at radius 2 is 2.00 bits per heavy atom. The van der Waals surface area contributed by atoms with Crippen molar-refractivity contribution in [1.82, 2.24) is 4.90 Å². The standard InChI is InChI=1S/C6H13FN2.2ClH/c1-9-3-2-6(8)5(7)4-9;;/h5-6H,2-4,8H2,1H3;2*1H/t5-,6-;;/m1../s1. The van der Waals surface area contributed by atoms with Crippen LogP contribution in [0.25, 0.3) is 0 Å². The molecule has 0 bridgehead atoms. The predicted octanol–water partition coefficient (Wildman–Crippen LogP) is 0.831. The lowest BCUT2D eigenvalue weighted by Gasteiger charge is -2.29. The van der Waals surface area contributed by atoms with E-state index in [0.717, 1.165) is 13.0 Å². The molecular weight excluding hydrogens is 190 g/mol. The molecule has 70 valence electrons. The van der Waals surface area contributed by atoms with Crippen molar-refractivity contribution in [2.45, 2.75) is 18.6 Å². The van der Waals surface area contributed by atoms with Crippen LogP contribution in [0.2, 0.25) is 0 Å². The molecule has 1 heterocycles. The second-order valence-corrected chi connectivity index (χ2v) is 2.73. The fourth-order valence-electron chi connectivity index (χ4n) is 1.07. The van der Waals surface area contributed by atoms with E-state index in [2.05, 4.69) is 0 Å². The summed E-state index contributed by atoms with van der Waals surface area (Å²) in [6, 6.07) is -0.221. The number of hydrogen-bond donors (Lipinski definition) is 1. The third-order valence-corrected chi connectivity index (χ3v) is 1.79. The van der Waals surface area contributed by atoms with Crippen molar-refractivity contribution in [2.24, 2.45) is 5.73 Å². The minimum atomic E-state index is -0.816. The lowest BCUT2D eigenvalue weighted by molar-refractivity contribution is 0.141. The Morgan fingerprint density at radius 3 is 2.36 bits per heavy atom. The number of nitrogens with zero attached hydrogens (tertiary/aromatic N) is 1. The van der Waals surface area contributed by atoms with Crippen molar-refractivity contribution in [3.8, 4) is 0 Å². The van der Waals surface area contributed by atoms with Crippen LogP contribution in [0.3, 0.4) is 0 Å². The molecule has 1 rings (SSSR count). The van der Waals surface area contributed by atoms with Crippen LogP contribution >= 0.6 is 24.8 Å². The van der Waals surface area contributed by atoms with Crippen LogP contribution in [0.15, 0.2) is 0 Å². The third kappa shape index (κ3) is 4.11. The van der Waals surface area contributed by atoms with Gasteiger partial charge in [-0.3, -0.25) is 0 Å². The van der Waals surface area contributed by atoms with E-state index in [-0.39, 0.29) is 30.9 Å². The van der Waals surface area contributed by atoms with E-state index >= 15 is 0 Å². The quantitative estimate of drug-likeness (QED) is 0.634. The summed E-state index contributed by atoms with van der Waals surface area (Å²) in [6.07, 6.45) is -0.0266. The Kier molecular flexibility index (Phi) is 7.63. The highest BCUT2D eigenvalue weighted by molar-refractivity contribution is 5.85. The van der Waals surface area contributed by atoms with Gasteiger partial charge in [-0.15, -0.1) is 24.8 Å². The Morgan fingerprint density at radius 1 is 1.45 bits per heavy atom. The molecule has 0 spiro atoms. The van der Waals surface area contributed by atoms with E-state index in [9.17, 15) is 4.39 Å². The second-order valence-electron chi connectivity index (χ2n) is 2.73. The van der Waals surface area contributed by atoms with Gasteiger partial charge in [0.15, 0.2) is 0 Å². The van der Waals surface area contributed by atoms with E-state index in [0.29, 0.717) is 6.54 Å². The molecular formula is C6H15Cl2FN2. The highest BCUT2D eigenvalue weighted by Crippen LogP contribution is 2.09. The van der Waals surface area contributed by atoms with E-state index in [1.165, 1.54) is 0 Å². The summed E-state index contributed by atoms with van der Waals surface area (Å²) in [7, 11) is 1.92. The zero-order chi connectivity index (χ0) is 6.85. The molecule has 0 aromatic heterocycles. The van der Waals surface area contributed by atoms with Crippen molar-refractivity contribution in [2.75, 3.05) is 20.1 Å². The van der Waals surface area contributed by atoms with Gasteiger partial charge in [-0.1, -0.05) is 0 Å². The maximum Gasteiger partial charge on any atom is 0.128 e. The average molecular weight is 205 g/mol. The van der Waals surface area contributed by atoms with E-state index in [1.54, 1.807) is 0 Å². The van der Waals surface area contributed by atoms with E-state index < -0.39 is 6.17 Å². The average Bonchev–Trinajstić information content (AvgIpc) is 1.80. The van der Waals surface area contributed by atoms with Gasteiger partial charge >= 0.3 is 0 Å². The van der Waals surface area contributed by atoms with E-state index in [4.69, 9.17) is 5.73 Å². The molecule has 0 saturated carbocycles. The minimum absolute atomic E-state index is 0. The van der Waals surface area contributed by atoms with Crippen molar-refractivity contribution in [3.63, 3.8) is 0 Å². The van der Waals surface area contributed by atoms with Crippen LogP contribution in [0, 0.1) is 0 Å². The van der Waals surface area contributed by atoms with Crippen LogP contribution in [0.1, 0.15) is 6.42 Å². The summed E-state index contributed by atoms with van der Waals surface area (Å²) in [5.74, 6) is 0. The molecule has 5 heteroatoms. The van der Waals surface area contributed by atoms with Crippen molar-refractivity contribution < 1.29 is 4.39 Å². The van der Waals surface area contributed by atoms with Gasteiger partial charge in [0.25, 0.3) is 0 Å². The Bertz CT molecular complexity index is 105. The largest absolute Gasteiger partial charge is 0.325 e. The molecule has 1 aliphatic rings. The number of halogens is 3. The molecule has 1 fully saturated rings. The molecule has 0 aliphatic carbocycles. The second kappa shape index (κ2) is 6.00. The Hall–Kier alpha value is 0.430. The number of hydrogen-bond acceptors (Lipinski definition) is 2. The number of likely N-dealkylation sites (tertiary alicyclic amines) is 1. The van der Waals surface area contributed by atoms with Gasteiger partial charge in [-0.05, 0) is 20.0 Å². The third-order valence-electron chi connectivity index (χ3n) is 1.79. The molecule has 2 N–H and O–H groups in total. The predicted molar refractivity (Wildman–Crippen MR) is 49.5 cm³/mol. The van der Waals surface area contributed by atoms with Crippen molar-refractivity contribution in [3.05, 3.63) is 0 Å². The van der Waals surface area contributed by atoms with Crippen LogP contribution in [0.4, 0.5) is 4.39 Å². The molecule has 2 atom stereocenters. The summed E-state index contributed by atoms with van der Waals surface area (Å²) >= 11 is 0. The first-order valence-corrected chi connectivity index (χ1v) is 3.28. The SMILES string of the molecule is CN1CC[C@@H](N)[C@H](F)C1.Cl.Cl. The first-order valence-electron chi connectivity index (χ1n) is 3.28. The van der Waals surface area contributed by atoms with Gasteiger partial charge < -0.3 is 10.6 Å². The molecule has 0 aromatic rings. The Balaban J connectivity index is 0. The highest BCUT2D eigenvalue weighted by atomic mass is 35.5. The topological polar surface area (TPSA) is 29.3 Å². The van der Waals surface area contributed by atoms with Crippen LogP contribution in [-0.2, 0) is 0 Å². The number of nitrogens with two attached hydrogens (primary N) is 1. The van der Waals surface area contributed by atoms with Gasteiger partial charge in [-0.25, -0.2) is 4.39 Å². The summed E-state index contributed by atoms with van der Waals surface area (Å²) in [5.41, 5.74) is 5.44. The van der Waals surface area contributed by atoms with Gasteiger partial charge in [-0.2, -0.15) is 0 Å². The molecule has 0 unspecified atom stereocenters. The van der Waals surface area contributed by atoms with Crippen LogP contribution in [-0.4, -0.2) is 37.3 Å². The van der Waals surface area contributed by atoms with Gasteiger partial charge in [0.2, 0.25) is 0 Å². The zero-order valence-corrected chi connectivity index (χ0v) is 8.13. The molecule has 0 radical (unpaired) electrons. The fourth-order valence-corrected chi connectivity index (χ4v) is 1.07. The summed E-state index contributed by atoms with van der Waals surface area (Å²) < 4.78 is 12.7. The van der Waals surface area contributed by atoms with Crippen LogP contribution in [0.5, 0.6) is 0 Å². The van der Waals surface area contributed by atoms with Gasteiger partial charge in [0.05, 0.1) is 0 Å². The lowest BCUT2D eigenvalue weighted by Crippen LogP contribution is -2.46. The van der Waals surface area contributed by atoms with Gasteiger partial charge in [0.1, 0.15) is 6.17 Å². The molecule has 0 amide bonds. The first-order chi connectivity index (χ1) is 4.20. The molecule has 0 aromatic carbocycles. The number of piperidine rings is 1. The highest BCUT2D eigenvalue weighted by Gasteiger charge is 2.23. The summed E-state index contributed by atoms with van der Waals surface area (Å²) in [5, 5.41) is 0. The first kappa shape index (κ1) is 14.0. The minimum Gasteiger partial charge on any atom is -0.325 e.